The lowest BCUT2D eigenvalue weighted by molar-refractivity contribution is -0.125. The van der Waals surface area contributed by atoms with Crippen molar-refractivity contribution in [1.29, 1.82) is 0 Å². The number of carbonyl (C=O) groups excluding carboxylic acids is 2. The highest BCUT2D eigenvalue weighted by Crippen LogP contribution is 2.33. The molecule has 7 heteroatoms. The van der Waals surface area contributed by atoms with E-state index >= 15 is 0 Å². The highest BCUT2D eigenvalue weighted by Gasteiger charge is 2.31. The molecule has 0 saturated carbocycles. The van der Waals surface area contributed by atoms with Crippen LogP contribution in [0.15, 0.2) is 48.5 Å². The third kappa shape index (κ3) is 4.82. The quantitative estimate of drug-likeness (QED) is 0.774. The van der Waals surface area contributed by atoms with Gasteiger partial charge in [-0.15, -0.1) is 0 Å². The summed E-state index contributed by atoms with van der Waals surface area (Å²) in [5.74, 6) is 0.487. The molecule has 31 heavy (non-hydrogen) atoms. The zero-order valence-corrected chi connectivity index (χ0v) is 18.2. The predicted octanol–water partition coefficient (Wildman–Crippen LogP) is 2.26. The molecule has 0 aliphatic carbocycles. The summed E-state index contributed by atoms with van der Waals surface area (Å²) in [6.45, 7) is 6.58. The number of piperazine rings is 1. The molecule has 2 aromatic carbocycles. The molecule has 1 N–H and O–H groups in total. The molecule has 2 heterocycles. The third-order valence-electron chi connectivity index (χ3n) is 5.95. The van der Waals surface area contributed by atoms with E-state index in [2.05, 4.69) is 34.3 Å². The van der Waals surface area contributed by atoms with E-state index in [-0.39, 0.29) is 18.2 Å². The van der Waals surface area contributed by atoms with Crippen molar-refractivity contribution in [3.05, 3.63) is 54.1 Å². The molecule has 0 aromatic heterocycles. The Morgan fingerprint density at radius 1 is 1.03 bits per heavy atom. The van der Waals surface area contributed by atoms with Crippen molar-refractivity contribution in [2.24, 2.45) is 0 Å². The predicted molar refractivity (Wildman–Crippen MR) is 122 cm³/mol. The fourth-order valence-corrected chi connectivity index (χ4v) is 4.10. The number of nitrogens with zero attached hydrogens (tertiary/aromatic N) is 3. The van der Waals surface area contributed by atoms with Crippen LogP contribution >= 0.6 is 0 Å². The van der Waals surface area contributed by atoms with Crippen LogP contribution in [-0.4, -0.2) is 62.6 Å². The van der Waals surface area contributed by atoms with Gasteiger partial charge in [-0.05, 0) is 37.7 Å². The maximum absolute atomic E-state index is 12.6. The van der Waals surface area contributed by atoms with Gasteiger partial charge in [0.1, 0.15) is 5.75 Å². The number of amides is 2. The molecule has 4 rings (SSSR count). The molecule has 1 unspecified atom stereocenters. The van der Waals surface area contributed by atoms with Crippen molar-refractivity contribution in [3.8, 4) is 5.75 Å². The first kappa shape index (κ1) is 21.2. The molecule has 2 amide bonds. The number of carbonyl (C=O) groups is 2. The van der Waals surface area contributed by atoms with E-state index in [1.165, 1.54) is 5.69 Å². The molecule has 1 saturated heterocycles. The summed E-state index contributed by atoms with van der Waals surface area (Å²) in [5, 5.41) is 3.03. The molecule has 2 aliphatic rings. The summed E-state index contributed by atoms with van der Waals surface area (Å²) in [7, 11) is 2.14. The van der Waals surface area contributed by atoms with Gasteiger partial charge in [-0.25, -0.2) is 0 Å². The van der Waals surface area contributed by atoms with Crippen LogP contribution in [0.1, 0.15) is 18.9 Å². The maximum Gasteiger partial charge on any atom is 0.267 e. The minimum atomic E-state index is -0.548. The van der Waals surface area contributed by atoms with E-state index in [9.17, 15) is 9.59 Å². The number of fused-ring (bicyclic) bond motifs is 1. The van der Waals surface area contributed by atoms with Gasteiger partial charge in [0.05, 0.1) is 5.69 Å². The first-order valence-corrected chi connectivity index (χ1v) is 10.9. The van der Waals surface area contributed by atoms with Gasteiger partial charge in [0, 0.05) is 51.4 Å². The molecule has 0 spiro atoms. The summed E-state index contributed by atoms with van der Waals surface area (Å²) in [6.07, 6.45) is -0.308. The normalized spacial score (nSPS) is 19.0. The highest BCUT2D eigenvalue weighted by molar-refractivity contribution is 6.00. The second-order valence-electron chi connectivity index (χ2n) is 8.16. The molecule has 0 radical (unpaired) electrons. The van der Waals surface area contributed by atoms with Gasteiger partial charge in [-0.2, -0.15) is 0 Å². The van der Waals surface area contributed by atoms with Crippen molar-refractivity contribution < 1.29 is 14.3 Å². The van der Waals surface area contributed by atoms with Gasteiger partial charge in [-0.1, -0.05) is 30.3 Å². The van der Waals surface area contributed by atoms with Crippen LogP contribution in [0.5, 0.6) is 5.75 Å². The second kappa shape index (κ2) is 9.39. The van der Waals surface area contributed by atoms with E-state index in [4.69, 9.17) is 4.74 Å². The van der Waals surface area contributed by atoms with E-state index in [1.807, 2.05) is 36.4 Å². The zero-order valence-electron chi connectivity index (χ0n) is 18.2. The molecule has 1 atom stereocenters. The number of likely N-dealkylation sites (N-methyl/N-ethyl adjacent to an activating group) is 1. The Morgan fingerprint density at radius 3 is 2.48 bits per heavy atom. The lowest BCUT2D eigenvalue weighted by atomic mass is 10.1. The minimum absolute atomic E-state index is 0.0717. The summed E-state index contributed by atoms with van der Waals surface area (Å²) in [6, 6.07) is 15.7. The average molecular weight is 423 g/mol. The molecule has 2 aromatic rings. The SMILES string of the molecule is CC1Oc2ccccc2N(CCC(=O)NCc2ccccc2N2CCN(C)CC2)C1=O. The molecule has 2 aliphatic heterocycles. The number of hydrogen-bond acceptors (Lipinski definition) is 5. The summed E-state index contributed by atoms with van der Waals surface area (Å²) < 4.78 is 5.66. The molecular formula is C24H30N4O3. The molecule has 0 bridgehead atoms. The fourth-order valence-electron chi connectivity index (χ4n) is 4.10. The average Bonchev–Trinajstić information content (AvgIpc) is 2.79. The summed E-state index contributed by atoms with van der Waals surface area (Å²) >= 11 is 0. The molecular weight excluding hydrogens is 392 g/mol. The van der Waals surface area contributed by atoms with Crippen molar-refractivity contribution in [2.45, 2.75) is 26.0 Å². The number of rotatable bonds is 6. The Kier molecular flexibility index (Phi) is 6.42. The Hall–Kier alpha value is -3.06. The van der Waals surface area contributed by atoms with Crippen LogP contribution in [0.3, 0.4) is 0 Å². The lowest BCUT2D eigenvalue weighted by Crippen LogP contribution is -2.46. The first-order valence-electron chi connectivity index (χ1n) is 10.9. The van der Waals surface area contributed by atoms with E-state index in [0.717, 1.165) is 37.4 Å². The monoisotopic (exact) mass is 422 g/mol. The largest absolute Gasteiger partial charge is 0.479 e. The van der Waals surface area contributed by atoms with E-state index < -0.39 is 6.10 Å². The van der Waals surface area contributed by atoms with Crippen molar-refractivity contribution in [2.75, 3.05) is 49.6 Å². The first-order chi connectivity index (χ1) is 15.0. The van der Waals surface area contributed by atoms with Gasteiger partial charge in [0.15, 0.2) is 6.10 Å². The van der Waals surface area contributed by atoms with Crippen LogP contribution in [0.25, 0.3) is 0 Å². The number of para-hydroxylation sites is 3. The van der Waals surface area contributed by atoms with Crippen LogP contribution in [-0.2, 0) is 16.1 Å². The highest BCUT2D eigenvalue weighted by atomic mass is 16.5. The van der Waals surface area contributed by atoms with Crippen molar-refractivity contribution in [1.82, 2.24) is 10.2 Å². The minimum Gasteiger partial charge on any atom is -0.479 e. The van der Waals surface area contributed by atoms with Crippen LogP contribution in [0, 0.1) is 0 Å². The van der Waals surface area contributed by atoms with Gasteiger partial charge in [0.2, 0.25) is 5.91 Å². The maximum atomic E-state index is 12.6. The van der Waals surface area contributed by atoms with Crippen LogP contribution in [0.4, 0.5) is 11.4 Å². The molecule has 164 valence electrons. The Balaban J connectivity index is 1.35. The zero-order chi connectivity index (χ0) is 21.8. The standard InChI is InChI=1S/C24H30N4O3/c1-18-24(30)28(21-9-5-6-10-22(21)31-18)12-11-23(29)25-17-19-7-3-4-8-20(19)27-15-13-26(2)14-16-27/h3-10,18H,11-17H2,1-2H3,(H,25,29). The number of anilines is 2. The van der Waals surface area contributed by atoms with Gasteiger partial charge >= 0.3 is 0 Å². The van der Waals surface area contributed by atoms with E-state index in [1.54, 1.807) is 11.8 Å². The van der Waals surface area contributed by atoms with Gasteiger partial charge in [-0.3, -0.25) is 9.59 Å². The third-order valence-corrected chi connectivity index (χ3v) is 5.95. The van der Waals surface area contributed by atoms with Crippen molar-refractivity contribution in [3.63, 3.8) is 0 Å². The molecule has 1 fully saturated rings. The lowest BCUT2D eigenvalue weighted by Gasteiger charge is -2.35. The number of benzene rings is 2. The smallest absolute Gasteiger partial charge is 0.267 e. The second-order valence-corrected chi connectivity index (χ2v) is 8.16. The van der Waals surface area contributed by atoms with Gasteiger partial charge < -0.3 is 24.8 Å². The van der Waals surface area contributed by atoms with Crippen LogP contribution in [0.2, 0.25) is 0 Å². The Bertz CT molecular complexity index is 940. The van der Waals surface area contributed by atoms with Gasteiger partial charge in [0.25, 0.3) is 5.91 Å². The summed E-state index contributed by atoms with van der Waals surface area (Å²) in [4.78, 5) is 31.5. The Morgan fingerprint density at radius 2 is 1.71 bits per heavy atom. The number of nitrogens with one attached hydrogen (secondary N) is 1. The fraction of sp³-hybridized carbons (Fsp3) is 0.417. The van der Waals surface area contributed by atoms with Crippen molar-refractivity contribution >= 4 is 23.2 Å². The van der Waals surface area contributed by atoms with Crippen LogP contribution < -0.4 is 19.9 Å². The summed E-state index contributed by atoms with van der Waals surface area (Å²) in [5.41, 5.74) is 3.02. The number of ether oxygens (including phenoxy) is 1. The Labute approximate surface area is 183 Å². The number of hydrogen-bond donors (Lipinski definition) is 1. The topological polar surface area (TPSA) is 65.1 Å². The molecule has 7 nitrogen and oxygen atoms in total. The van der Waals surface area contributed by atoms with E-state index in [0.29, 0.717) is 18.8 Å².